The second-order valence-electron chi connectivity index (χ2n) is 6.60. The standard InChI is InChI=1S/C20H20O6/c1-23-18-8-12(2-4-16(18)21)6-14-10-24-20(22)15(14)7-13-3-5-17-19(9-13)26-11-25-17/h2-5,8-9,14-15,21H,6-7,10-11H2,1H3/t14-,15+/m1/s1. The van der Waals surface area contributed by atoms with Crippen molar-refractivity contribution in [3.63, 3.8) is 0 Å². The van der Waals surface area contributed by atoms with E-state index in [4.69, 9.17) is 18.9 Å². The van der Waals surface area contributed by atoms with Crippen molar-refractivity contribution in [2.24, 2.45) is 11.8 Å². The average molecular weight is 356 g/mol. The molecule has 0 aliphatic carbocycles. The smallest absolute Gasteiger partial charge is 0.309 e. The Bertz CT molecular complexity index is 831. The predicted molar refractivity (Wildman–Crippen MR) is 92.6 cm³/mol. The van der Waals surface area contributed by atoms with Gasteiger partial charge in [0.2, 0.25) is 6.79 Å². The number of methoxy groups -OCH3 is 1. The summed E-state index contributed by atoms with van der Waals surface area (Å²) in [7, 11) is 1.52. The van der Waals surface area contributed by atoms with E-state index in [9.17, 15) is 9.90 Å². The summed E-state index contributed by atoms with van der Waals surface area (Å²) in [6.45, 7) is 0.632. The normalized spacial score (nSPS) is 20.9. The number of fused-ring (bicyclic) bond motifs is 1. The maximum atomic E-state index is 12.2. The molecule has 6 nitrogen and oxygen atoms in total. The van der Waals surface area contributed by atoms with Gasteiger partial charge in [0.05, 0.1) is 19.6 Å². The minimum Gasteiger partial charge on any atom is -0.504 e. The molecule has 0 spiro atoms. The van der Waals surface area contributed by atoms with E-state index < -0.39 is 0 Å². The zero-order valence-corrected chi connectivity index (χ0v) is 14.4. The average Bonchev–Trinajstić information content (AvgIpc) is 3.24. The minimum absolute atomic E-state index is 0.0715. The van der Waals surface area contributed by atoms with Crippen molar-refractivity contribution in [3.05, 3.63) is 47.5 Å². The number of phenolic OH excluding ortho intramolecular Hbond substituents is 1. The fraction of sp³-hybridized carbons (Fsp3) is 0.350. The van der Waals surface area contributed by atoms with Crippen LogP contribution in [0, 0.1) is 11.8 Å². The number of rotatable bonds is 5. The third kappa shape index (κ3) is 3.14. The van der Waals surface area contributed by atoms with Gasteiger partial charge in [-0.1, -0.05) is 12.1 Å². The van der Waals surface area contributed by atoms with Crippen molar-refractivity contribution in [2.75, 3.05) is 20.5 Å². The molecule has 0 amide bonds. The molecule has 0 bridgehead atoms. The third-order valence-corrected chi connectivity index (χ3v) is 4.95. The lowest BCUT2D eigenvalue weighted by Crippen LogP contribution is -2.20. The van der Waals surface area contributed by atoms with Crippen molar-refractivity contribution in [3.8, 4) is 23.0 Å². The highest BCUT2D eigenvalue weighted by molar-refractivity contribution is 5.75. The molecular weight excluding hydrogens is 336 g/mol. The van der Waals surface area contributed by atoms with Gasteiger partial charge in [0, 0.05) is 5.92 Å². The van der Waals surface area contributed by atoms with Gasteiger partial charge in [-0.2, -0.15) is 0 Å². The maximum absolute atomic E-state index is 12.2. The third-order valence-electron chi connectivity index (χ3n) is 4.95. The van der Waals surface area contributed by atoms with E-state index in [-0.39, 0.29) is 30.3 Å². The van der Waals surface area contributed by atoms with E-state index in [0.29, 0.717) is 30.9 Å². The Balaban J connectivity index is 1.50. The topological polar surface area (TPSA) is 74.2 Å². The first kappa shape index (κ1) is 16.6. The van der Waals surface area contributed by atoms with Gasteiger partial charge in [-0.05, 0) is 48.2 Å². The predicted octanol–water partition coefficient (Wildman–Crippen LogP) is 2.70. The van der Waals surface area contributed by atoms with Crippen LogP contribution < -0.4 is 14.2 Å². The SMILES string of the molecule is COc1cc(C[C@@H]2COC(=O)[C@H]2Cc2ccc3c(c2)OCO3)ccc1O. The summed E-state index contributed by atoms with van der Waals surface area (Å²) in [6, 6.07) is 11.0. The lowest BCUT2D eigenvalue weighted by atomic mass is 9.85. The quantitative estimate of drug-likeness (QED) is 0.831. The molecular formula is C20H20O6. The van der Waals surface area contributed by atoms with Crippen LogP contribution in [0.5, 0.6) is 23.0 Å². The number of carbonyl (C=O) groups excluding carboxylic acids is 1. The van der Waals surface area contributed by atoms with Gasteiger partial charge >= 0.3 is 5.97 Å². The van der Waals surface area contributed by atoms with Crippen LogP contribution in [0.1, 0.15) is 11.1 Å². The second-order valence-corrected chi connectivity index (χ2v) is 6.60. The van der Waals surface area contributed by atoms with Gasteiger partial charge in [-0.25, -0.2) is 0 Å². The van der Waals surface area contributed by atoms with Crippen molar-refractivity contribution in [2.45, 2.75) is 12.8 Å². The van der Waals surface area contributed by atoms with Crippen molar-refractivity contribution >= 4 is 5.97 Å². The molecule has 0 unspecified atom stereocenters. The van der Waals surface area contributed by atoms with Gasteiger partial charge in [0.15, 0.2) is 23.0 Å². The number of hydrogen-bond acceptors (Lipinski definition) is 6. The van der Waals surface area contributed by atoms with Crippen molar-refractivity contribution in [1.82, 2.24) is 0 Å². The highest BCUT2D eigenvalue weighted by atomic mass is 16.7. The molecule has 1 fully saturated rings. The number of aromatic hydroxyl groups is 1. The summed E-state index contributed by atoms with van der Waals surface area (Å²) < 4.78 is 21.2. The first-order valence-electron chi connectivity index (χ1n) is 8.55. The number of esters is 1. The van der Waals surface area contributed by atoms with Crippen LogP contribution in [0.3, 0.4) is 0 Å². The second kappa shape index (κ2) is 6.78. The van der Waals surface area contributed by atoms with Crippen LogP contribution in [0.25, 0.3) is 0 Å². The number of phenols is 1. The van der Waals surface area contributed by atoms with E-state index >= 15 is 0 Å². The number of cyclic esters (lactones) is 1. The van der Waals surface area contributed by atoms with Crippen molar-refractivity contribution in [1.29, 1.82) is 0 Å². The molecule has 136 valence electrons. The molecule has 1 saturated heterocycles. The molecule has 2 aliphatic heterocycles. The molecule has 6 heteroatoms. The Hall–Kier alpha value is -2.89. The molecule has 2 atom stereocenters. The number of hydrogen-bond donors (Lipinski definition) is 1. The van der Waals surface area contributed by atoms with Crippen LogP contribution >= 0.6 is 0 Å². The van der Waals surface area contributed by atoms with Crippen LogP contribution in [0.15, 0.2) is 36.4 Å². The summed E-state index contributed by atoms with van der Waals surface area (Å²) in [5.41, 5.74) is 2.02. The zero-order valence-electron chi connectivity index (χ0n) is 14.4. The Morgan fingerprint density at radius 3 is 2.65 bits per heavy atom. The van der Waals surface area contributed by atoms with Crippen LogP contribution in [0.2, 0.25) is 0 Å². The molecule has 2 aromatic carbocycles. The Labute approximate surface area is 151 Å². The monoisotopic (exact) mass is 356 g/mol. The number of benzene rings is 2. The largest absolute Gasteiger partial charge is 0.504 e. The van der Waals surface area contributed by atoms with E-state index in [1.54, 1.807) is 12.1 Å². The highest BCUT2D eigenvalue weighted by Gasteiger charge is 2.37. The summed E-state index contributed by atoms with van der Waals surface area (Å²) in [4.78, 5) is 12.2. The van der Waals surface area contributed by atoms with Gasteiger partial charge in [-0.3, -0.25) is 4.79 Å². The van der Waals surface area contributed by atoms with E-state index in [2.05, 4.69) is 0 Å². The molecule has 1 N–H and O–H groups in total. The van der Waals surface area contributed by atoms with E-state index in [0.717, 1.165) is 16.9 Å². The van der Waals surface area contributed by atoms with Gasteiger partial charge in [-0.15, -0.1) is 0 Å². The maximum Gasteiger partial charge on any atom is 0.309 e. The number of ether oxygens (including phenoxy) is 4. The van der Waals surface area contributed by atoms with Crippen LogP contribution in [-0.2, 0) is 22.4 Å². The summed E-state index contributed by atoms with van der Waals surface area (Å²) in [5, 5.41) is 9.74. The lowest BCUT2D eigenvalue weighted by molar-refractivity contribution is -0.141. The fourth-order valence-electron chi connectivity index (χ4n) is 3.53. The first-order chi connectivity index (χ1) is 12.6. The zero-order chi connectivity index (χ0) is 18.1. The van der Waals surface area contributed by atoms with Crippen molar-refractivity contribution < 1.29 is 28.8 Å². The van der Waals surface area contributed by atoms with Crippen LogP contribution in [0.4, 0.5) is 0 Å². The first-order valence-corrected chi connectivity index (χ1v) is 8.55. The Morgan fingerprint density at radius 2 is 1.81 bits per heavy atom. The molecule has 0 aromatic heterocycles. The van der Waals surface area contributed by atoms with Crippen LogP contribution in [-0.4, -0.2) is 31.6 Å². The summed E-state index contributed by atoms with van der Waals surface area (Å²) >= 11 is 0. The Kier molecular flexibility index (Phi) is 4.32. The summed E-state index contributed by atoms with van der Waals surface area (Å²) in [6.07, 6.45) is 1.27. The molecule has 2 aliphatic rings. The van der Waals surface area contributed by atoms with Gasteiger partial charge < -0.3 is 24.1 Å². The Morgan fingerprint density at radius 1 is 1.04 bits per heavy atom. The van der Waals surface area contributed by atoms with E-state index in [1.165, 1.54) is 7.11 Å². The molecule has 2 aromatic rings. The molecule has 0 radical (unpaired) electrons. The van der Waals surface area contributed by atoms with Gasteiger partial charge in [0.1, 0.15) is 0 Å². The lowest BCUT2D eigenvalue weighted by Gasteiger charge is -2.16. The van der Waals surface area contributed by atoms with E-state index in [1.807, 2.05) is 24.3 Å². The minimum atomic E-state index is -0.213. The number of carbonyl (C=O) groups is 1. The molecule has 0 saturated carbocycles. The molecule has 4 rings (SSSR count). The van der Waals surface area contributed by atoms with Gasteiger partial charge in [0.25, 0.3) is 0 Å². The summed E-state index contributed by atoms with van der Waals surface area (Å²) in [5.74, 6) is 1.67. The highest BCUT2D eigenvalue weighted by Crippen LogP contribution is 2.36. The molecule has 26 heavy (non-hydrogen) atoms. The molecule has 2 heterocycles. The fourth-order valence-corrected chi connectivity index (χ4v) is 3.53.